The van der Waals surface area contributed by atoms with Crippen LogP contribution in [-0.4, -0.2) is 6.71 Å². The molecule has 0 saturated carbocycles. The molecule has 0 atom stereocenters. The molecule has 0 spiro atoms. The second kappa shape index (κ2) is 10.1. The van der Waals surface area contributed by atoms with Crippen molar-refractivity contribution in [1.82, 2.24) is 0 Å². The molecule has 256 valence electrons. The molecule has 0 unspecified atom stereocenters. The van der Waals surface area contributed by atoms with E-state index in [9.17, 15) is 0 Å². The summed E-state index contributed by atoms with van der Waals surface area (Å²) in [5.41, 5.74) is 11.4. The first-order valence-corrected chi connectivity index (χ1v) is 22.5. The first-order valence-electron chi connectivity index (χ1n) is 19.3. The van der Waals surface area contributed by atoms with Crippen LogP contribution in [0.4, 0.5) is 0 Å². The van der Waals surface area contributed by atoms with Crippen LogP contribution in [0.15, 0.2) is 133 Å². The summed E-state index contributed by atoms with van der Waals surface area (Å²) >= 11 is 7.83. The highest BCUT2D eigenvalue weighted by molar-refractivity contribution is 7.28. The molecule has 6 heterocycles. The van der Waals surface area contributed by atoms with Gasteiger partial charge in [0.2, 0.25) is 6.71 Å². The van der Waals surface area contributed by atoms with E-state index in [0.29, 0.717) is 0 Å². The molecule has 5 heteroatoms. The van der Waals surface area contributed by atoms with Crippen molar-refractivity contribution >= 4 is 171 Å². The van der Waals surface area contributed by atoms with Gasteiger partial charge >= 0.3 is 0 Å². The van der Waals surface area contributed by atoms with Gasteiger partial charge in [-0.2, -0.15) is 0 Å². The van der Waals surface area contributed by atoms with Gasteiger partial charge in [-0.1, -0.05) is 101 Å². The van der Waals surface area contributed by atoms with Crippen LogP contribution in [0, 0.1) is 6.92 Å². The van der Waals surface area contributed by atoms with Gasteiger partial charge in [-0.05, 0) is 105 Å². The second-order valence-electron chi connectivity index (χ2n) is 15.9. The van der Waals surface area contributed by atoms with Gasteiger partial charge in [0.15, 0.2) is 0 Å². The Balaban J connectivity index is 1.25. The van der Waals surface area contributed by atoms with Crippen LogP contribution in [0.3, 0.4) is 0 Å². The highest BCUT2D eigenvalue weighted by Gasteiger charge is 2.42. The summed E-state index contributed by atoms with van der Waals surface area (Å²) in [5.74, 6) is 0. The summed E-state index contributed by atoms with van der Waals surface area (Å²) in [6, 6.07) is 51.8. The zero-order valence-corrected chi connectivity index (χ0v) is 33.2. The molecule has 0 aliphatic carbocycles. The predicted octanol–water partition coefficient (Wildman–Crippen LogP) is 14.3. The van der Waals surface area contributed by atoms with Crippen molar-refractivity contribution in [2.24, 2.45) is 0 Å². The van der Waals surface area contributed by atoms with E-state index in [0.717, 1.165) is 0 Å². The second-order valence-corrected chi connectivity index (χ2v) is 20.2. The number of benzene rings is 9. The molecule has 2 aliphatic rings. The van der Waals surface area contributed by atoms with Gasteiger partial charge in [0.05, 0.1) is 0 Å². The smallest absolute Gasteiger partial charge is 0.135 e. The number of rotatable bonds is 0. The van der Waals surface area contributed by atoms with E-state index in [2.05, 4.69) is 140 Å². The normalized spacial score (nSPS) is 13.4. The topological polar surface area (TPSA) is 0 Å². The lowest BCUT2D eigenvalue weighted by molar-refractivity contribution is 1.48. The van der Waals surface area contributed by atoms with Crippen LogP contribution in [0.25, 0.3) is 124 Å². The molecule has 0 radical (unpaired) electrons. The summed E-state index contributed by atoms with van der Waals surface area (Å²) in [6.07, 6.45) is 0. The maximum absolute atomic E-state index is 2.62. The van der Waals surface area contributed by atoms with Gasteiger partial charge in [0.1, 0.15) is 0 Å². The van der Waals surface area contributed by atoms with Gasteiger partial charge in [-0.25, -0.2) is 0 Å². The molecule has 56 heavy (non-hydrogen) atoms. The molecule has 0 N–H and O–H groups in total. The van der Waals surface area contributed by atoms with Gasteiger partial charge in [-0.15, -0.1) is 45.3 Å². The number of fused-ring (bicyclic) bond motifs is 20. The Morgan fingerprint density at radius 3 is 1.11 bits per heavy atom. The van der Waals surface area contributed by atoms with E-state index in [-0.39, 0.29) is 6.71 Å². The molecule has 0 fully saturated rings. The number of hydrogen-bond donors (Lipinski definition) is 0. The third kappa shape index (κ3) is 3.42. The fourth-order valence-corrected chi connectivity index (χ4v) is 15.7. The molecule has 0 amide bonds. The Morgan fingerprint density at radius 2 is 0.696 bits per heavy atom. The van der Waals surface area contributed by atoms with Crippen LogP contribution in [0.2, 0.25) is 0 Å². The standard InChI is InChI=1S/C51H25BS4/c1-24-18-31-49-45-29(20-39-47(49)27-12-4-8-16-37(27)53-39)43-25-10-2-6-14-35(25)55-41(43)22-33(45)52-34-23-42-44(26-11-3-7-15-36(26)56-42)30-21-40-48(28-13-5-9-17-38(28)54-40)50(46(30)34)32(19-24)51(31)52/h2-23H,1H3. The third-order valence-corrected chi connectivity index (χ3v) is 17.5. The van der Waals surface area contributed by atoms with Gasteiger partial charge in [0.25, 0.3) is 0 Å². The van der Waals surface area contributed by atoms with Gasteiger partial charge in [-0.3, -0.25) is 0 Å². The maximum Gasteiger partial charge on any atom is 0.244 e. The van der Waals surface area contributed by atoms with Crippen molar-refractivity contribution in [2.75, 3.05) is 0 Å². The van der Waals surface area contributed by atoms with E-state index >= 15 is 0 Å². The zero-order chi connectivity index (χ0) is 36.1. The van der Waals surface area contributed by atoms with Crippen molar-refractivity contribution in [3.05, 3.63) is 139 Å². The molecular weight excluding hydrogens is 752 g/mol. The molecule has 0 saturated heterocycles. The molecule has 2 aliphatic heterocycles. The average Bonchev–Trinajstić information content (AvgIpc) is 3.99. The Labute approximate surface area is 336 Å². The Bertz CT molecular complexity index is 3760. The van der Waals surface area contributed by atoms with E-state index in [1.54, 1.807) is 0 Å². The van der Waals surface area contributed by atoms with Gasteiger partial charge in [0, 0.05) is 80.7 Å². The highest BCUT2D eigenvalue weighted by atomic mass is 32.1. The lowest BCUT2D eigenvalue weighted by atomic mass is 9.31. The summed E-state index contributed by atoms with van der Waals surface area (Å²) in [7, 11) is 0. The lowest BCUT2D eigenvalue weighted by Crippen LogP contribution is -2.57. The number of thiophene rings is 4. The molecule has 15 rings (SSSR count). The summed E-state index contributed by atoms with van der Waals surface area (Å²) in [5, 5.41) is 16.8. The largest absolute Gasteiger partial charge is 0.244 e. The van der Waals surface area contributed by atoms with E-state index in [1.807, 2.05) is 45.3 Å². The highest BCUT2D eigenvalue weighted by Crippen LogP contribution is 2.53. The van der Waals surface area contributed by atoms with Crippen molar-refractivity contribution < 1.29 is 0 Å². The maximum atomic E-state index is 2.62. The average molecular weight is 777 g/mol. The lowest BCUT2D eigenvalue weighted by Gasteiger charge is -2.35. The molecule has 4 aromatic heterocycles. The van der Waals surface area contributed by atoms with Crippen LogP contribution in [-0.2, 0) is 0 Å². The SMILES string of the molecule is Cc1cc2c3c(c1)-c1c4c(cc5sc6ccccc6c5c4cc4sc5ccccc5c14)B3c1cc3sc4ccccc4c3c3cc4sc5ccccc5c4c-2c13. The van der Waals surface area contributed by atoms with Crippen LogP contribution in [0.5, 0.6) is 0 Å². The summed E-state index contributed by atoms with van der Waals surface area (Å²) in [4.78, 5) is 0. The van der Waals surface area contributed by atoms with E-state index in [1.165, 1.54) is 146 Å². The van der Waals surface area contributed by atoms with Crippen molar-refractivity contribution in [3.63, 3.8) is 0 Å². The van der Waals surface area contributed by atoms with Crippen molar-refractivity contribution in [1.29, 1.82) is 0 Å². The Hall–Kier alpha value is -5.56. The fraction of sp³-hybridized carbons (Fsp3) is 0.0196. The number of aryl methyl sites for hydroxylation is 1. The first-order chi connectivity index (χ1) is 27.7. The number of hydrogen-bond acceptors (Lipinski definition) is 4. The molecule has 9 aromatic carbocycles. The fourth-order valence-electron chi connectivity index (χ4n) is 11.1. The Kier molecular flexibility index (Phi) is 5.33. The van der Waals surface area contributed by atoms with Crippen molar-refractivity contribution in [2.45, 2.75) is 6.92 Å². The zero-order valence-electron chi connectivity index (χ0n) is 29.9. The van der Waals surface area contributed by atoms with Crippen LogP contribution < -0.4 is 16.4 Å². The minimum absolute atomic E-state index is 0.111. The van der Waals surface area contributed by atoms with Gasteiger partial charge < -0.3 is 0 Å². The third-order valence-electron chi connectivity index (χ3n) is 13.0. The minimum atomic E-state index is 0.111. The molecule has 0 nitrogen and oxygen atoms in total. The van der Waals surface area contributed by atoms with Crippen LogP contribution in [0.1, 0.15) is 5.56 Å². The summed E-state index contributed by atoms with van der Waals surface area (Å²) in [6.45, 7) is 2.44. The molecule has 0 bridgehead atoms. The quantitative estimate of drug-likeness (QED) is 0.135. The first kappa shape index (κ1) is 29.7. The van der Waals surface area contributed by atoms with Crippen molar-refractivity contribution in [3.8, 4) is 22.3 Å². The minimum Gasteiger partial charge on any atom is -0.135 e. The summed E-state index contributed by atoms with van der Waals surface area (Å²) < 4.78 is 11.0. The predicted molar refractivity (Wildman–Crippen MR) is 253 cm³/mol. The van der Waals surface area contributed by atoms with E-state index < -0.39 is 0 Å². The Morgan fingerprint density at radius 1 is 0.339 bits per heavy atom. The van der Waals surface area contributed by atoms with E-state index in [4.69, 9.17) is 0 Å². The molecule has 13 aromatic rings. The molecular formula is C51H25BS4. The monoisotopic (exact) mass is 776 g/mol. The van der Waals surface area contributed by atoms with Crippen LogP contribution >= 0.6 is 45.3 Å².